The average molecular weight is 293 g/mol. The van der Waals surface area contributed by atoms with E-state index in [1.165, 1.54) is 10.8 Å². The van der Waals surface area contributed by atoms with Crippen LogP contribution in [0.4, 0.5) is 0 Å². The summed E-state index contributed by atoms with van der Waals surface area (Å²) in [5.41, 5.74) is 1.08. The van der Waals surface area contributed by atoms with Crippen LogP contribution in [-0.4, -0.2) is 34.2 Å². The minimum Gasteiger partial charge on any atom is -0.497 e. The van der Waals surface area contributed by atoms with Crippen LogP contribution >= 0.6 is 0 Å². The van der Waals surface area contributed by atoms with Crippen LogP contribution < -0.4 is 14.7 Å². The highest BCUT2D eigenvalue weighted by Crippen LogP contribution is 2.30. The molecule has 1 fully saturated rings. The molecule has 0 saturated carbocycles. The molecule has 0 spiro atoms. The van der Waals surface area contributed by atoms with Crippen molar-refractivity contribution in [2.75, 3.05) is 13.7 Å². The fourth-order valence-electron chi connectivity index (χ4n) is 2.37. The van der Waals surface area contributed by atoms with Crippen molar-refractivity contribution in [3.63, 3.8) is 0 Å². The molecule has 0 aliphatic carbocycles. The molecule has 0 aromatic heterocycles. The molecule has 1 unspecified atom stereocenters. The molecule has 1 atom stereocenters. The highest BCUT2D eigenvalue weighted by atomic mass is 28.3. The van der Waals surface area contributed by atoms with Gasteiger partial charge in [0.1, 0.15) is 17.1 Å². The monoisotopic (exact) mass is 293 g/mol. The first-order chi connectivity index (χ1) is 9.31. The molecule has 1 saturated heterocycles. The molecule has 1 aromatic rings. The zero-order chi connectivity index (χ0) is 14.9. The van der Waals surface area contributed by atoms with Gasteiger partial charge in [0.2, 0.25) is 0 Å². The van der Waals surface area contributed by atoms with Crippen LogP contribution in [0.1, 0.15) is 26.3 Å². The predicted molar refractivity (Wildman–Crippen MR) is 83.9 cm³/mol. The normalized spacial score (nSPS) is 18.2. The van der Waals surface area contributed by atoms with Gasteiger partial charge in [0.05, 0.1) is 28.6 Å². The third-order valence-corrected chi connectivity index (χ3v) is 4.75. The molecule has 2 rings (SSSR count). The highest BCUT2D eigenvalue weighted by molar-refractivity contribution is 6.72. The third-order valence-electron chi connectivity index (χ3n) is 3.20. The van der Waals surface area contributed by atoms with Crippen LogP contribution in [-0.2, 0) is 11.2 Å². The standard InChI is InChI=1S/C16H25O3Si/c1-16(2,3)19-13-7-8-14(17-4)15(20(5)6)12(13)9-11-10-18-11/h7-8,11H,9-10H2,1-6H3. The van der Waals surface area contributed by atoms with E-state index in [0.29, 0.717) is 6.10 Å². The fraction of sp³-hybridized carbons (Fsp3) is 0.625. The fourth-order valence-corrected chi connectivity index (χ4v) is 3.87. The van der Waals surface area contributed by atoms with E-state index in [4.69, 9.17) is 14.2 Å². The lowest BCUT2D eigenvalue weighted by atomic mass is 10.1. The van der Waals surface area contributed by atoms with E-state index < -0.39 is 8.80 Å². The van der Waals surface area contributed by atoms with Gasteiger partial charge in [0.15, 0.2) is 0 Å². The van der Waals surface area contributed by atoms with E-state index in [-0.39, 0.29) is 5.60 Å². The lowest BCUT2D eigenvalue weighted by Crippen LogP contribution is -2.32. The van der Waals surface area contributed by atoms with Crippen LogP contribution in [0.3, 0.4) is 0 Å². The first-order valence-corrected chi connectivity index (χ1v) is 9.63. The zero-order valence-electron chi connectivity index (χ0n) is 13.4. The Morgan fingerprint density at radius 3 is 2.30 bits per heavy atom. The molecule has 0 bridgehead atoms. The number of methoxy groups -OCH3 is 1. The Hall–Kier alpha value is -1.00. The Balaban J connectivity index is 2.46. The molecular formula is C16H25O3Si. The Morgan fingerprint density at radius 2 is 1.85 bits per heavy atom. The smallest absolute Gasteiger partial charge is 0.123 e. The third kappa shape index (κ3) is 3.76. The number of hydrogen-bond acceptors (Lipinski definition) is 3. The highest BCUT2D eigenvalue weighted by Gasteiger charge is 2.29. The summed E-state index contributed by atoms with van der Waals surface area (Å²) in [6.07, 6.45) is 1.28. The van der Waals surface area contributed by atoms with Crippen LogP contribution in [0.5, 0.6) is 11.5 Å². The molecule has 1 aliphatic rings. The van der Waals surface area contributed by atoms with Crippen LogP contribution in [0, 0.1) is 0 Å². The van der Waals surface area contributed by atoms with E-state index in [1.54, 1.807) is 7.11 Å². The molecule has 1 heterocycles. The Bertz CT molecular complexity index is 473. The molecule has 20 heavy (non-hydrogen) atoms. The maximum absolute atomic E-state index is 6.16. The van der Waals surface area contributed by atoms with Gasteiger partial charge in [-0.1, -0.05) is 13.1 Å². The molecule has 0 N–H and O–H groups in total. The van der Waals surface area contributed by atoms with E-state index in [1.807, 2.05) is 12.1 Å². The molecule has 1 radical (unpaired) electrons. The van der Waals surface area contributed by atoms with E-state index in [9.17, 15) is 0 Å². The van der Waals surface area contributed by atoms with Crippen molar-refractivity contribution in [2.45, 2.75) is 52.0 Å². The lowest BCUT2D eigenvalue weighted by molar-refractivity contribution is 0.129. The number of epoxide rings is 1. The maximum atomic E-state index is 6.16. The number of rotatable bonds is 5. The minimum absolute atomic E-state index is 0.195. The van der Waals surface area contributed by atoms with Gasteiger partial charge in [-0.3, -0.25) is 0 Å². The second-order valence-corrected chi connectivity index (χ2v) is 8.99. The van der Waals surface area contributed by atoms with Gasteiger partial charge >= 0.3 is 0 Å². The van der Waals surface area contributed by atoms with Crippen molar-refractivity contribution in [3.05, 3.63) is 17.7 Å². The molecule has 1 aliphatic heterocycles. The van der Waals surface area contributed by atoms with Gasteiger partial charge in [-0.2, -0.15) is 0 Å². The maximum Gasteiger partial charge on any atom is 0.123 e. The van der Waals surface area contributed by atoms with Crippen molar-refractivity contribution >= 4 is 14.0 Å². The lowest BCUT2D eigenvalue weighted by Gasteiger charge is -2.26. The Labute approximate surface area is 123 Å². The quantitative estimate of drug-likeness (QED) is 0.618. The number of ether oxygens (including phenoxy) is 3. The molecular weight excluding hydrogens is 268 g/mol. The summed E-state index contributed by atoms with van der Waals surface area (Å²) in [6.45, 7) is 11.7. The minimum atomic E-state index is -0.638. The number of hydrogen-bond donors (Lipinski definition) is 0. The summed E-state index contributed by atoms with van der Waals surface area (Å²) >= 11 is 0. The second kappa shape index (κ2) is 5.78. The van der Waals surface area contributed by atoms with Gasteiger partial charge in [-0.25, -0.2) is 0 Å². The van der Waals surface area contributed by atoms with E-state index in [2.05, 4.69) is 33.9 Å². The predicted octanol–water partition coefficient (Wildman–Crippen LogP) is 2.78. The van der Waals surface area contributed by atoms with Crippen LogP contribution in [0.25, 0.3) is 0 Å². The molecule has 1 aromatic carbocycles. The van der Waals surface area contributed by atoms with E-state index >= 15 is 0 Å². The van der Waals surface area contributed by atoms with Crippen molar-refractivity contribution in [1.82, 2.24) is 0 Å². The second-order valence-electron chi connectivity index (χ2n) is 6.49. The van der Waals surface area contributed by atoms with Crippen LogP contribution in [0.2, 0.25) is 13.1 Å². The molecule has 3 nitrogen and oxygen atoms in total. The first-order valence-electron chi connectivity index (χ1n) is 7.13. The SMILES string of the molecule is COc1ccc(OC(C)(C)C)c(CC2CO2)c1[Si](C)C. The van der Waals surface area contributed by atoms with E-state index in [0.717, 1.165) is 24.5 Å². The van der Waals surface area contributed by atoms with Gasteiger partial charge < -0.3 is 14.2 Å². The van der Waals surface area contributed by atoms with Gasteiger partial charge in [0.25, 0.3) is 0 Å². The largest absolute Gasteiger partial charge is 0.497 e. The molecule has 0 amide bonds. The molecule has 111 valence electrons. The van der Waals surface area contributed by atoms with Gasteiger partial charge in [-0.05, 0) is 43.7 Å². The summed E-state index contributed by atoms with van der Waals surface area (Å²) in [7, 11) is 1.10. The van der Waals surface area contributed by atoms with Crippen molar-refractivity contribution in [1.29, 1.82) is 0 Å². The van der Waals surface area contributed by atoms with Crippen molar-refractivity contribution < 1.29 is 14.2 Å². The summed E-state index contributed by atoms with van der Waals surface area (Å²) in [5, 5.41) is 1.34. The van der Waals surface area contributed by atoms with Crippen molar-refractivity contribution in [3.8, 4) is 11.5 Å². The number of benzene rings is 1. The topological polar surface area (TPSA) is 31.0 Å². The summed E-state index contributed by atoms with van der Waals surface area (Å²) < 4.78 is 17.1. The summed E-state index contributed by atoms with van der Waals surface area (Å²) in [4.78, 5) is 0. The molecule has 4 heteroatoms. The van der Waals surface area contributed by atoms with Crippen molar-refractivity contribution in [2.24, 2.45) is 0 Å². The summed E-state index contributed by atoms with van der Waals surface area (Å²) in [5.74, 6) is 1.97. The van der Waals surface area contributed by atoms with Gasteiger partial charge in [0, 0.05) is 6.42 Å². The Kier molecular flexibility index (Phi) is 4.45. The van der Waals surface area contributed by atoms with Gasteiger partial charge in [-0.15, -0.1) is 0 Å². The average Bonchev–Trinajstić information content (AvgIpc) is 3.12. The summed E-state index contributed by atoms with van der Waals surface area (Å²) in [6, 6.07) is 4.07. The van der Waals surface area contributed by atoms with Crippen LogP contribution in [0.15, 0.2) is 12.1 Å². The zero-order valence-corrected chi connectivity index (χ0v) is 14.4. The first kappa shape index (κ1) is 15.4. The Morgan fingerprint density at radius 1 is 1.25 bits per heavy atom.